The second-order valence-electron chi connectivity index (χ2n) is 8.16. The first-order chi connectivity index (χ1) is 17.0. The largest absolute Gasteiger partial charge is 0.456 e. The molecule has 10 heteroatoms. The zero-order chi connectivity index (χ0) is 24.2. The first-order valence-electron chi connectivity index (χ1n) is 11.3. The lowest BCUT2D eigenvalue weighted by Crippen LogP contribution is -2.26. The number of pyridine rings is 2. The van der Waals surface area contributed by atoms with Crippen LogP contribution in [0.3, 0.4) is 0 Å². The summed E-state index contributed by atoms with van der Waals surface area (Å²) in [4.78, 5) is 26.0. The predicted octanol–water partition coefficient (Wildman–Crippen LogP) is 4.34. The third kappa shape index (κ3) is 5.28. The molecule has 0 saturated carbocycles. The number of aromatic nitrogens is 4. The standard InChI is InChI=1S/C25H24FN7O2/c1-32-24(34)21(16-29-25(32)30-18-6-4-17(26)5-7-18)22-9-8-20(15-28-22)35-19-10-11-27-23(14-19)31-33-12-2-3-13-33/h4-11,14-16H,2-3,12-13H2,1H3,(H,27,31)(H,29,30). The molecule has 4 heterocycles. The van der Waals surface area contributed by atoms with E-state index in [1.807, 2.05) is 6.07 Å². The quantitative estimate of drug-likeness (QED) is 0.409. The Balaban J connectivity index is 1.29. The van der Waals surface area contributed by atoms with Crippen molar-refractivity contribution in [3.63, 3.8) is 0 Å². The van der Waals surface area contributed by atoms with E-state index in [-0.39, 0.29) is 11.4 Å². The molecule has 5 rings (SSSR count). The molecule has 1 fully saturated rings. The average Bonchev–Trinajstić information content (AvgIpc) is 3.37. The maximum absolute atomic E-state index is 13.1. The number of nitrogens with one attached hydrogen (secondary N) is 2. The summed E-state index contributed by atoms with van der Waals surface area (Å²) in [6.07, 6.45) is 7.07. The van der Waals surface area contributed by atoms with Gasteiger partial charge in [0.05, 0.1) is 17.5 Å². The summed E-state index contributed by atoms with van der Waals surface area (Å²) in [5.74, 6) is 1.88. The van der Waals surface area contributed by atoms with Crippen LogP contribution in [0.1, 0.15) is 12.8 Å². The molecule has 2 N–H and O–H groups in total. The number of hydrogen-bond acceptors (Lipinski definition) is 8. The molecule has 9 nitrogen and oxygen atoms in total. The molecule has 1 aromatic carbocycles. The number of hydrogen-bond donors (Lipinski definition) is 2. The summed E-state index contributed by atoms with van der Waals surface area (Å²) in [7, 11) is 1.61. The molecule has 0 spiro atoms. The molecular formula is C25H24FN7O2. The monoisotopic (exact) mass is 473 g/mol. The van der Waals surface area contributed by atoms with Crippen LogP contribution in [-0.4, -0.2) is 37.6 Å². The summed E-state index contributed by atoms with van der Waals surface area (Å²) in [5, 5.41) is 5.15. The van der Waals surface area contributed by atoms with Gasteiger partial charge in [0.25, 0.3) is 5.56 Å². The Labute approximate surface area is 201 Å². The Morgan fingerprint density at radius 1 is 0.943 bits per heavy atom. The van der Waals surface area contributed by atoms with Gasteiger partial charge >= 0.3 is 0 Å². The van der Waals surface area contributed by atoms with Crippen molar-refractivity contribution in [1.82, 2.24) is 24.5 Å². The second kappa shape index (κ2) is 9.90. The van der Waals surface area contributed by atoms with Gasteiger partial charge in [0.15, 0.2) is 0 Å². The van der Waals surface area contributed by atoms with Crippen LogP contribution in [-0.2, 0) is 7.05 Å². The lowest BCUT2D eigenvalue weighted by atomic mass is 10.2. The highest BCUT2D eigenvalue weighted by Crippen LogP contribution is 2.25. The fourth-order valence-electron chi connectivity index (χ4n) is 3.76. The molecule has 1 saturated heterocycles. The van der Waals surface area contributed by atoms with Crippen LogP contribution in [0.2, 0.25) is 0 Å². The van der Waals surface area contributed by atoms with E-state index >= 15 is 0 Å². The van der Waals surface area contributed by atoms with E-state index in [0.29, 0.717) is 34.4 Å². The first kappa shape index (κ1) is 22.5. The molecule has 1 aliphatic rings. The zero-order valence-corrected chi connectivity index (χ0v) is 19.1. The van der Waals surface area contributed by atoms with E-state index in [2.05, 4.69) is 30.7 Å². The SMILES string of the molecule is Cn1c(Nc2ccc(F)cc2)ncc(-c2ccc(Oc3ccnc(NN4CCCC4)c3)cn2)c1=O. The molecule has 0 radical (unpaired) electrons. The molecule has 0 amide bonds. The number of nitrogens with zero attached hydrogens (tertiary/aromatic N) is 5. The molecule has 35 heavy (non-hydrogen) atoms. The number of rotatable bonds is 7. The maximum atomic E-state index is 13.1. The average molecular weight is 474 g/mol. The topological polar surface area (TPSA) is 97.2 Å². The smallest absolute Gasteiger partial charge is 0.264 e. The van der Waals surface area contributed by atoms with E-state index < -0.39 is 0 Å². The van der Waals surface area contributed by atoms with Gasteiger partial charge in [0, 0.05) is 44.3 Å². The third-order valence-corrected chi connectivity index (χ3v) is 5.63. The predicted molar refractivity (Wildman–Crippen MR) is 131 cm³/mol. The van der Waals surface area contributed by atoms with E-state index in [1.54, 1.807) is 49.8 Å². The highest BCUT2D eigenvalue weighted by molar-refractivity contribution is 5.60. The minimum absolute atomic E-state index is 0.266. The normalized spacial score (nSPS) is 13.5. The highest BCUT2D eigenvalue weighted by Gasteiger charge is 2.13. The van der Waals surface area contributed by atoms with E-state index in [0.717, 1.165) is 18.9 Å². The second-order valence-corrected chi connectivity index (χ2v) is 8.16. The summed E-state index contributed by atoms with van der Waals surface area (Å²) in [5.41, 5.74) is 4.48. The van der Waals surface area contributed by atoms with Crippen molar-refractivity contribution in [1.29, 1.82) is 0 Å². The molecule has 178 valence electrons. The number of anilines is 3. The van der Waals surface area contributed by atoms with E-state index in [9.17, 15) is 9.18 Å². The lowest BCUT2D eigenvalue weighted by molar-refractivity contribution is 0.407. The first-order valence-corrected chi connectivity index (χ1v) is 11.3. The van der Waals surface area contributed by atoms with Crippen LogP contribution in [0.25, 0.3) is 11.3 Å². The number of ether oxygens (including phenoxy) is 1. The summed E-state index contributed by atoms with van der Waals surface area (Å²) in [6, 6.07) is 12.9. The Bertz CT molecular complexity index is 1370. The van der Waals surface area contributed by atoms with Crippen LogP contribution in [0.15, 0.2) is 71.9 Å². The van der Waals surface area contributed by atoms with Crippen LogP contribution >= 0.6 is 0 Å². The molecular weight excluding hydrogens is 449 g/mol. The number of hydrazine groups is 1. The highest BCUT2D eigenvalue weighted by atomic mass is 19.1. The van der Waals surface area contributed by atoms with Gasteiger partial charge in [-0.1, -0.05) is 0 Å². The van der Waals surface area contributed by atoms with E-state index in [1.165, 1.54) is 35.7 Å². The fourth-order valence-corrected chi connectivity index (χ4v) is 3.76. The van der Waals surface area contributed by atoms with Crippen LogP contribution in [0.4, 0.5) is 21.8 Å². The van der Waals surface area contributed by atoms with Crippen LogP contribution in [0.5, 0.6) is 11.5 Å². The minimum Gasteiger partial charge on any atom is -0.456 e. The molecule has 1 aliphatic heterocycles. The van der Waals surface area contributed by atoms with Crippen LogP contribution < -0.4 is 21.0 Å². The number of benzene rings is 1. The molecule has 3 aromatic heterocycles. The Kier molecular flexibility index (Phi) is 6.36. The Morgan fingerprint density at radius 3 is 2.49 bits per heavy atom. The van der Waals surface area contributed by atoms with Crippen molar-refractivity contribution in [2.24, 2.45) is 7.05 Å². The van der Waals surface area contributed by atoms with Crippen molar-refractivity contribution in [3.05, 3.63) is 83.3 Å². The van der Waals surface area contributed by atoms with Crippen molar-refractivity contribution in [2.45, 2.75) is 12.8 Å². The molecule has 4 aromatic rings. The van der Waals surface area contributed by atoms with Gasteiger partial charge in [-0.3, -0.25) is 14.3 Å². The third-order valence-electron chi connectivity index (χ3n) is 5.63. The Hall–Kier alpha value is -4.31. The van der Waals surface area contributed by atoms with Gasteiger partial charge in [-0.2, -0.15) is 0 Å². The van der Waals surface area contributed by atoms with Crippen molar-refractivity contribution < 1.29 is 9.13 Å². The summed E-state index contributed by atoms with van der Waals surface area (Å²) >= 11 is 0. The van der Waals surface area contributed by atoms with Gasteiger partial charge in [0.1, 0.15) is 23.1 Å². The van der Waals surface area contributed by atoms with Crippen molar-refractivity contribution >= 4 is 17.5 Å². The zero-order valence-electron chi connectivity index (χ0n) is 19.1. The van der Waals surface area contributed by atoms with Crippen LogP contribution in [0, 0.1) is 5.82 Å². The van der Waals surface area contributed by atoms with Gasteiger partial charge in [-0.05, 0) is 55.3 Å². The van der Waals surface area contributed by atoms with Crippen molar-refractivity contribution in [2.75, 3.05) is 23.8 Å². The maximum Gasteiger partial charge on any atom is 0.264 e. The molecule has 0 atom stereocenters. The van der Waals surface area contributed by atoms with E-state index in [4.69, 9.17) is 4.74 Å². The summed E-state index contributed by atoms with van der Waals surface area (Å²) < 4.78 is 20.4. The lowest BCUT2D eigenvalue weighted by Gasteiger charge is -2.17. The van der Waals surface area contributed by atoms with Gasteiger partial charge in [-0.25, -0.2) is 19.4 Å². The van der Waals surface area contributed by atoms with Gasteiger partial charge in [-0.15, -0.1) is 0 Å². The molecule has 0 bridgehead atoms. The van der Waals surface area contributed by atoms with Gasteiger partial charge < -0.3 is 15.5 Å². The molecule has 0 aliphatic carbocycles. The number of halogens is 1. The Morgan fingerprint density at radius 2 is 1.74 bits per heavy atom. The minimum atomic E-state index is -0.339. The molecule has 0 unspecified atom stereocenters. The van der Waals surface area contributed by atoms with Crippen molar-refractivity contribution in [3.8, 4) is 22.8 Å². The summed E-state index contributed by atoms with van der Waals surface area (Å²) in [6.45, 7) is 1.99. The van der Waals surface area contributed by atoms with Gasteiger partial charge in [0.2, 0.25) is 5.95 Å². The fraction of sp³-hybridized carbons (Fsp3) is 0.200.